The highest BCUT2D eigenvalue weighted by Gasteiger charge is 2.29. The maximum Gasteiger partial charge on any atom is 0.243 e. The first-order valence-corrected chi connectivity index (χ1v) is 10.2. The number of amides is 1. The van der Waals surface area contributed by atoms with Crippen molar-refractivity contribution in [3.8, 4) is 0 Å². The minimum atomic E-state index is -3.90. The number of benzene rings is 2. The van der Waals surface area contributed by atoms with Crippen LogP contribution in [-0.4, -0.2) is 31.2 Å². The Bertz CT molecular complexity index is 870. The Morgan fingerprint density at radius 1 is 1.19 bits per heavy atom. The lowest BCUT2D eigenvalue weighted by molar-refractivity contribution is -0.121. The number of halogens is 2. The molecule has 0 radical (unpaired) electrons. The maximum absolute atomic E-state index is 13.1. The van der Waals surface area contributed by atoms with Gasteiger partial charge in [0.05, 0.1) is 11.4 Å². The zero-order valence-corrected chi connectivity index (χ0v) is 16.8. The van der Waals surface area contributed by atoms with Crippen molar-refractivity contribution in [3.05, 3.63) is 64.4 Å². The van der Waals surface area contributed by atoms with Gasteiger partial charge in [-0.2, -0.15) is 4.31 Å². The molecule has 1 N–H and O–H groups in total. The molecule has 2 aromatic rings. The quantitative estimate of drug-likeness (QED) is 0.714. The number of hydrogen-bond acceptors (Lipinski definition) is 3. The lowest BCUT2D eigenvalue weighted by atomic mass is 10.2. The fourth-order valence-corrected chi connectivity index (χ4v) is 4.37. The molecule has 0 aliphatic heterocycles. The highest BCUT2D eigenvalue weighted by atomic mass is 79.9. The first kappa shape index (κ1) is 20.5. The van der Waals surface area contributed by atoms with E-state index in [0.717, 1.165) is 26.5 Å². The van der Waals surface area contributed by atoms with E-state index in [4.69, 9.17) is 0 Å². The monoisotopic (exact) mass is 442 g/mol. The number of carbonyl (C=O) groups is 1. The summed E-state index contributed by atoms with van der Waals surface area (Å²) >= 11 is 3.36. The molecule has 140 valence electrons. The minimum absolute atomic E-state index is 0.0487. The number of sulfonamides is 1. The summed E-state index contributed by atoms with van der Waals surface area (Å²) in [6, 6.07) is 11.6. The number of nitrogens with zero attached hydrogens (tertiary/aromatic N) is 1. The first-order valence-electron chi connectivity index (χ1n) is 7.98. The average molecular weight is 443 g/mol. The summed E-state index contributed by atoms with van der Waals surface area (Å²) in [6.07, 6.45) is 0. The van der Waals surface area contributed by atoms with E-state index in [1.54, 1.807) is 13.8 Å². The Morgan fingerprint density at radius 3 is 2.42 bits per heavy atom. The van der Waals surface area contributed by atoms with Gasteiger partial charge >= 0.3 is 0 Å². The van der Waals surface area contributed by atoms with Crippen molar-refractivity contribution in [2.24, 2.45) is 0 Å². The van der Waals surface area contributed by atoms with Gasteiger partial charge < -0.3 is 5.32 Å². The average Bonchev–Trinajstić information content (AvgIpc) is 2.58. The van der Waals surface area contributed by atoms with Crippen molar-refractivity contribution in [1.82, 2.24) is 9.62 Å². The van der Waals surface area contributed by atoms with E-state index in [1.165, 1.54) is 12.1 Å². The lowest BCUT2D eigenvalue weighted by Crippen LogP contribution is -2.44. The summed E-state index contributed by atoms with van der Waals surface area (Å²) < 4.78 is 40.6. The van der Waals surface area contributed by atoms with Crippen LogP contribution in [-0.2, 0) is 21.4 Å². The molecule has 0 heterocycles. The third-order valence-corrected chi connectivity index (χ3v) is 6.20. The molecule has 2 rings (SSSR count). The molecule has 1 amide bonds. The Balaban J connectivity index is 2.09. The van der Waals surface area contributed by atoms with Gasteiger partial charge in [0.1, 0.15) is 5.82 Å². The van der Waals surface area contributed by atoms with Gasteiger partial charge in [-0.15, -0.1) is 0 Å². The van der Waals surface area contributed by atoms with Crippen LogP contribution in [0.15, 0.2) is 57.9 Å². The third-order valence-electron chi connectivity index (χ3n) is 3.67. The van der Waals surface area contributed by atoms with E-state index in [1.807, 2.05) is 24.3 Å². The summed E-state index contributed by atoms with van der Waals surface area (Å²) in [5, 5.41) is 2.72. The second kappa shape index (κ2) is 8.75. The summed E-state index contributed by atoms with van der Waals surface area (Å²) in [7, 11) is -3.90. The standard InChI is InChI=1S/C18H20BrFN2O3S/c1-13(2)22(26(24,25)17-8-6-16(20)7-9-17)12-18(23)21-11-14-4-3-5-15(19)10-14/h3-10,13H,11-12H2,1-2H3,(H,21,23). The molecule has 0 spiro atoms. The predicted molar refractivity (Wildman–Crippen MR) is 101 cm³/mol. The van der Waals surface area contributed by atoms with E-state index in [2.05, 4.69) is 21.2 Å². The van der Waals surface area contributed by atoms with Crippen LogP contribution in [0.2, 0.25) is 0 Å². The van der Waals surface area contributed by atoms with Crippen LogP contribution in [0.5, 0.6) is 0 Å². The van der Waals surface area contributed by atoms with Gasteiger partial charge in [0.15, 0.2) is 0 Å². The topological polar surface area (TPSA) is 66.5 Å². The van der Waals surface area contributed by atoms with Gasteiger partial charge in [-0.25, -0.2) is 12.8 Å². The number of carbonyl (C=O) groups excluding carboxylic acids is 1. The van der Waals surface area contributed by atoms with Crippen molar-refractivity contribution in [2.45, 2.75) is 31.3 Å². The summed E-state index contributed by atoms with van der Waals surface area (Å²) in [5.41, 5.74) is 0.894. The van der Waals surface area contributed by atoms with Gasteiger partial charge in [-0.1, -0.05) is 28.1 Å². The van der Waals surface area contributed by atoms with Gasteiger partial charge in [0.2, 0.25) is 15.9 Å². The largest absolute Gasteiger partial charge is 0.351 e. The van der Waals surface area contributed by atoms with E-state index in [9.17, 15) is 17.6 Å². The Hall–Kier alpha value is -1.77. The smallest absolute Gasteiger partial charge is 0.243 e. The van der Waals surface area contributed by atoms with Crippen LogP contribution in [0, 0.1) is 5.82 Å². The molecule has 0 saturated carbocycles. The molecule has 26 heavy (non-hydrogen) atoms. The van der Waals surface area contributed by atoms with Crippen molar-refractivity contribution in [1.29, 1.82) is 0 Å². The van der Waals surface area contributed by atoms with Crippen LogP contribution in [0.4, 0.5) is 4.39 Å². The molecule has 0 aromatic heterocycles. The van der Waals surface area contributed by atoms with Crippen LogP contribution in [0.3, 0.4) is 0 Å². The number of nitrogens with one attached hydrogen (secondary N) is 1. The van der Waals surface area contributed by atoms with Crippen LogP contribution >= 0.6 is 15.9 Å². The Morgan fingerprint density at radius 2 is 1.85 bits per heavy atom. The molecule has 2 aromatic carbocycles. The lowest BCUT2D eigenvalue weighted by Gasteiger charge is -2.25. The molecule has 0 aliphatic rings. The fraction of sp³-hybridized carbons (Fsp3) is 0.278. The van der Waals surface area contributed by atoms with Crippen molar-refractivity contribution < 1.29 is 17.6 Å². The SMILES string of the molecule is CC(C)N(CC(=O)NCc1cccc(Br)c1)S(=O)(=O)c1ccc(F)cc1. The predicted octanol–water partition coefficient (Wildman–Crippen LogP) is 3.30. The number of hydrogen-bond donors (Lipinski definition) is 1. The molecular formula is C18H20BrFN2O3S. The zero-order chi connectivity index (χ0) is 19.3. The second-order valence-corrected chi connectivity index (χ2v) is 8.81. The molecule has 0 atom stereocenters. The molecule has 0 saturated heterocycles. The molecule has 8 heteroatoms. The minimum Gasteiger partial charge on any atom is -0.351 e. The van der Waals surface area contributed by atoms with Crippen LogP contribution < -0.4 is 5.32 Å². The normalized spacial score (nSPS) is 11.8. The highest BCUT2D eigenvalue weighted by molar-refractivity contribution is 9.10. The summed E-state index contributed by atoms with van der Waals surface area (Å²) in [6.45, 7) is 3.34. The summed E-state index contributed by atoms with van der Waals surface area (Å²) in [5.74, 6) is -0.934. The second-order valence-electron chi connectivity index (χ2n) is 6.00. The van der Waals surface area contributed by atoms with E-state index >= 15 is 0 Å². The van der Waals surface area contributed by atoms with Crippen molar-refractivity contribution >= 4 is 31.9 Å². The van der Waals surface area contributed by atoms with Gasteiger partial charge in [-0.05, 0) is 55.8 Å². The first-order chi connectivity index (χ1) is 12.2. The third kappa shape index (κ3) is 5.36. The zero-order valence-electron chi connectivity index (χ0n) is 14.4. The number of rotatable bonds is 7. The van der Waals surface area contributed by atoms with Crippen molar-refractivity contribution in [2.75, 3.05) is 6.54 Å². The highest BCUT2D eigenvalue weighted by Crippen LogP contribution is 2.18. The molecule has 0 unspecified atom stereocenters. The maximum atomic E-state index is 13.1. The van der Waals surface area contributed by atoms with Crippen LogP contribution in [0.1, 0.15) is 19.4 Å². The van der Waals surface area contributed by atoms with Crippen molar-refractivity contribution in [3.63, 3.8) is 0 Å². The van der Waals surface area contributed by atoms with E-state index < -0.39 is 27.8 Å². The molecule has 5 nitrogen and oxygen atoms in total. The van der Waals surface area contributed by atoms with E-state index in [0.29, 0.717) is 6.54 Å². The fourth-order valence-electron chi connectivity index (χ4n) is 2.33. The molecule has 0 bridgehead atoms. The molecule has 0 fully saturated rings. The molecular weight excluding hydrogens is 423 g/mol. The Labute approximate surface area is 161 Å². The van der Waals surface area contributed by atoms with Gasteiger partial charge in [0, 0.05) is 17.1 Å². The Kier molecular flexibility index (Phi) is 6.91. The summed E-state index contributed by atoms with van der Waals surface area (Å²) in [4.78, 5) is 12.2. The van der Waals surface area contributed by atoms with Gasteiger partial charge in [-0.3, -0.25) is 4.79 Å². The van der Waals surface area contributed by atoms with Gasteiger partial charge in [0.25, 0.3) is 0 Å². The molecule has 0 aliphatic carbocycles. The van der Waals surface area contributed by atoms with Crippen LogP contribution in [0.25, 0.3) is 0 Å². The van der Waals surface area contributed by atoms with E-state index in [-0.39, 0.29) is 11.4 Å².